The molecule has 2 aromatic rings. The van der Waals surface area contributed by atoms with E-state index >= 15 is 0 Å². The Kier molecular flexibility index (Phi) is 9.42. The van der Waals surface area contributed by atoms with E-state index < -0.39 is 6.04 Å². The third-order valence-electron chi connectivity index (χ3n) is 5.93. The lowest BCUT2D eigenvalue weighted by molar-refractivity contribution is -0.141. The van der Waals surface area contributed by atoms with E-state index in [1.807, 2.05) is 61.5 Å². The molecular weight excluding hydrogens is 424 g/mol. The van der Waals surface area contributed by atoms with Crippen molar-refractivity contribution in [2.45, 2.75) is 70.5 Å². The van der Waals surface area contributed by atoms with Crippen LogP contribution in [0.4, 0.5) is 0 Å². The van der Waals surface area contributed by atoms with Crippen LogP contribution in [0.1, 0.15) is 57.4 Å². The van der Waals surface area contributed by atoms with Gasteiger partial charge in [-0.1, -0.05) is 67.8 Å². The van der Waals surface area contributed by atoms with Crippen LogP contribution >= 0.6 is 11.6 Å². The smallest absolute Gasteiger partial charge is 0.243 e. The molecule has 1 atom stereocenters. The zero-order chi connectivity index (χ0) is 22.8. The molecule has 5 nitrogen and oxygen atoms in total. The van der Waals surface area contributed by atoms with E-state index in [0.29, 0.717) is 37.4 Å². The maximum absolute atomic E-state index is 13.3. The summed E-state index contributed by atoms with van der Waals surface area (Å²) in [6, 6.07) is 16.7. The van der Waals surface area contributed by atoms with Crippen LogP contribution in [0.2, 0.25) is 5.02 Å². The maximum Gasteiger partial charge on any atom is 0.243 e. The minimum absolute atomic E-state index is 0.0602. The molecule has 32 heavy (non-hydrogen) atoms. The molecule has 0 heterocycles. The Balaban J connectivity index is 1.66. The highest BCUT2D eigenvalue weighted by atomic mass is 35.5. The van der Waals surface area contributed by atoms with Gasteiger partial charge in [-0.05, 0) is 49.4 Å². The monoisotopic (exact) mass is 456 g/mol. The van der Waals surface area contributed by atoms with E-state index in [1.54, 1.807) is 4.90 Å². The lowest BCUT2D eigenvalue weighted by Crippen LogP contribution is -2.51. The van der Waals surface area contributed by atoms with Gasteiger partial charge in [-0.15, -0.1) is 0 Å². The average molecular weight is 457 g/mol. The van der Waals surface area contributed by atoms with Gasteiger partial charge in [-0.25, -0.2) is 0 Å². The summed E-state index contributed by atoms with van der Waals surface area (Å²) in [4.78, 5) is 28.1. The van der Waals surface area contributed by atoms with Crippen molar-refractivity contribution < 1.29 is 14.3 Å². The minimum atomic E-state index is -0.519. The number of nitrogens with zero attached hydrogens (tertiary/aromatic N) is 1. The average Bonchev–Trinajstić information content (AvgIpc) is 3.31. The highest BCUT2D eigenvalue weighted by molar-refractivity contribution is 6.31. The first kappa shape index (κ1) is 24.1. The molecule has 2 aromatic carbocycles. The molecule has 1 saturated carbocycles. The Morgan fingerprint density at radius 2 is 1.78 bits per heavy atom. The van der Waals surface area contributed by atoms with Crippen molar-refractivity contribution in [3.05, 3.63) is 65.2 Å². The zero-order valence-electron chi connectivity index (χ0n) is 18.8. The van der Waals surface area contributed by atoms with Gasteiger partial charge < -0.3 is 15.0 Å². The molecule has 1 aliphatic rings. The topological polar surface area (TPSA) is 58.6 Å². The van der Waals surface area contributed by atoms with Gasteiger partial charge in [-0.2, -0.15) is 0 Å². The summed E-state index contributed by atoms with van der Waals surface area (Å²) in [6.07, 6.45) is 5.75. The van der Waals surface area contributed by atoms with Gasteiger partial charge in [0.15, 0.2) is 0 Å². The van der Waals surface area contributed by atoms with Crippen molar-refractivity contribution in [1.82, 2.24) is 10.2 Å². The molecule has 0 unspecified atom stereocenters. The first-order valence-electron chi connectivity index (χ1n) is 11.6. The lowest BCUT2D eigenvalue weighted by atomic mass is 10.1. The number of hydrogen-bond acceptors (Lipinski definition) is 3. The fourth-order valence-electron chi connectivity index (χ4n) is 4.17. The summed E-state index contributed by atoms with van der Waals surface area (Å²) >= 11 is 6.37. The van der Waals surface area contributed by atoms with Crippen LogP contribution < -0.4 is 10.1 Å². The number of hydrogen-bond donors (Lipinski definition) is 1. The quantitative estimate of drug-likeness (QED) is 0.463. The lowest BCUT2D eigenvalue weighted by Gasteiger charge is -2.32. The van der Waals surface area contributed by atoms with Crippen LogP contribution in [-0.4, -0.2) is 35.4 Å². The molecule has 0 aliphatic heterocycles. The molecule has 1 fully saturated rings. The van der Waals surface area contributed by atoms with E-state index in [-0.39, 0.29) is 17.9 Å². The summed E-state index contributed by atoms with van der Waals surface area (Å²) in [5, 5.41) is 3.76. The molecule has 6 heteroatoms. The van der Waals surface area contributed by atoms with Crippen molar-refractivity contribution in [2.75, 3.05) is 6.61 Å². The van der Waals surface area contributed by atoms with Crippen molar-refractivity contribution in [3.8, 4) is 5.75 Å². The largest absolute Gasteiger partial charge is 0.494 e. The Hall–Kier alpha value is -2.53. The van der Waals surface area contributed by atoms with E-state index in [4.69, 9.17) is 16.3 Å². The Labute approximate surface area is 196 Å². The number of carbonyl (C=O) groups excluding carboxylic acids is 2. The van der Waals surface area contributed by atoms with E-state index in [2.05, 4.69) is 5.32 Å². The van der Waals surface area contributed by atoms with E-state index in [9.17, 15) is 9.59 Å². The van der Waals surface area contributed by atoms with Crippen LogP contribution in [0, 0.1) is 0 Å². The molecule has 0 aromatic heterocycles. The van der Waals surface area contributed by atoms with Gasteiger partial charge in [0.25, 0.3) is 0 Å². The first-order valence-corrected chi connectivity index (χ1v) is 12.0. The second-order valence-electron chi connectivity index (χ2n) is 8.29. The summed E-state index contributed by atoms with van der Waals surface area (Å²) < 4.78 is 5.73. The number of carbonyl (C=O) groups is 2. The van der Waals surface area contributed by atoms with Crippen LogP contribution in [0.3, 0.4) is 0 Å². The number of nitrogens with one attached hydrogen (secondary N) is 1. The normalized spacial score (nSPS) is 14.7. The zero-order valence-corrected chi connectivity index (χ0v) is 19.5. The molecule has 0 saturated heterocycles. The molecule has 0 spiro atoms. The Morgan fingerprint density at radius 1 is 1.09 bits per heavy atom. The number of rotatable bonds is 11. The van der Waals surface area contributed by atoms with Crippen molar-refractivity contribution in [3.63, 3.8) is 0 Å². The molecule has 0 bridgehead atoms. The summed E-state index contributed by atoms with van der Waals surface area (Å²) in [7, 11) is 0. The van der Waals surface area contributed by atoms with Crippen LogP contribution in [-0.2, 0) is 16.1 Å². The second-order valence-corrected chi connectivity index (χ2v) is 8.70. The Bertz CT molecular complexity index is 868. The SMILES string of the molecule is CC[C@@H](C(=O)NC1CCCC1)N(Cc1ccccc1Cl)C(=O)CCCOc1ccccc1. The predicted molar refractivity (Wildman–Crippen MR) is 128 cm³/mol. The van der Waals surface area contributed by atoms with E-state index in [1.165, 1.54) is 0 Å². The number of ether oxygens (including phenoxy) is 1. The number of para-hydroxylation sites is 1. The Morgan fingerprint density at radius 3 is 2.47 bits per heavy atom. The van der Waals surface area contributed by atoms with Gasteiger partial charge in [0.2, 0.25) is 11.8 Å². The van der Waals surface area contributed by atoms with Crippen molar-refractivity contribution in [1.29, 1.82) is 0 Å². The van der Waals surface area contributed by atoms with Gasteiger partial charge in [-0.3, -0.25) is 9.59 Å². The number of benzene rings is 2. The third kappa shape index (κ3) is 6.99. The molecule has 172 valence electrons. The fourth-order valence-corrected chi connectivity index (χ4v) is 4.37. The van der Waals surface area contributed by atoms with Gasteiger partial charge in [0.1, 0.15) is 11.8 Å². The molecule has 1 N–H and O–H groups in total. The number of amides is 2. The second kappa shape index (κ2) is 12.5. The third-order valence-corrected chi connectivity index (χ3v) is 6.30. The molecule has 0 radical (unpaired) electrons. The van der Waals surface area contributed by atoms with E-state index in [0.717, 1.165) is 37.0 Å². The van der Waals surface area contributed by atoms with Gasteiger partial charge >= 0.3 is 0 Å². The van der Waals surface area contributed by atoms with Crippen molar-refractivity contribution >= 4 is 23.4 Å². The van der Waals surface area contributed by atoms with Crippen molar-refractivity contribution in [2.24, 2.45) is 0 Å². The maximum atomic E-state index is 13.3. The highest BCUT2D eigenvalue weighted by Gasteiger charge is 2.30. The molecule has 1 aliphatic carbocycles. The van der Waals surface area contributed by atoms with Gasteiger partial charge in [0.05, 0.1) is 6.61 Å². The van der Waals surface area contributed by atoms with Crippen LogP contribution in [0.15, 0.2) is 54.6 Å². The summed E-state index contributed by atoms with van der Waals surface area (Å²) in [6.45, 7) is 2.71. The minimum Gasteiger partial charge on any atom is -0.494 e. The predicted octanol–water partition coefficient (Wildman–Crippen LogP) is 5.37. The summed E-state index contributed by atoms with van der Waals surface area (Å²) in [5.41, 5.74) is 0.843. The first-order chi connectivity index (χ1) is 15.6. The molecular formula is C26H33ClN2O3. The highest BCUT2D eigenvalue weighted by Crippen LogP contribution is 2.22. The molecule has 3 rings (SSSR count). The van der Waals surface area contributed by atoms with Crippen LogP contribution in [0.5, 0.6) is 5.75 Å². The summed E-state index contributed by atoms with van der Waals surface area (Å²) in [5.74, 6) is 0.658. The van der Waals surface area contributed by atoms with Gasteiger partial charge in [0, 0.05) is 24.0 Å². The van der Waals surface area contributed by atoms with Crippen LogP contribution in [0.25, 0.3) is 0 Å². The standard InChI is InChI=1S/C26H33ClN2O3/c1-2-24(26(31)28-21-12-7-8-13-21)29(19-20-11-6-9-16-23(20)27)25(30)17-10-18-32-22-14-4-3-5-15-22/h3-6,9,11,14-16,21,24H,2,7-8,10,12-13,17-19H2,1H3,(H,28,31)/t24-/m0/s1. The number of halogens is 1. The molecule has 2 amide bonds. The fraction of sp³-hybridized carbons (Fsp3) is 0.462.